The van der Waals surface area contributed by atoms with Gasteiger partial charge in [0.2, 0.25) is 5.91 Å². The molecule has 0 bridgehead atoms. The van der Waals surface area contributed by atoms with Gasteiger partial charge in [-0.1, -0.05) is 31.4 Å². The Labute approximate surface area is 160 Å². The van der Waals surface area contributed by atoms with Crippen LogP contribution in [0.1, 0.15) is 62.3 Å². The number of rotatable bonds is 4. The summed E-state index contributed by atoms with van der Waals surface area (Å²) in [6, 6.07) is 6.77. The van der Waals surface area contributed by atoms with Gasteiger partial charge in [-0.2, -0.15) is 0 Å². The van der Waals surface area contributed by atoms with Crippen molar-refractivity contribution < 1.29 is 9.18 Å². The summed E-state index contributed by atoms with van der Waals surface area (Å²) in [5.41, 5.74) is 0.583. The Hall–Kier alpha value is -2.17. The Kier molecular flexibility index (Phi) is 5.28. The van der Waals surface area contributed by atoms with E-state index in [1.165, 1.54) is 12.5 Å². The first-order chi connectivity index (χ1) is 13.2. The number of H-pyrrole nitrogens is 1. The molecule has 1 aliphatic heterocycles. The molecule has 1 saturated carbocycles. The normalized spacial score (nSPS) is 20.6. The zero-order valence-corrected chi connectivity index (χ0v) is 15.8. The quantitative estimate of drug-likeness (QED) is 0.866. The molecule has 0 unspecified atom stereocenters. The van der Waals surface area contributed by atoms with Crippen LogP contribution in [0.25, 0.3) is 0 Å². The molecule has 1 aromatic carbocycles. The topological polar surface area (TPSA) is 49.0 Å². The van der Waals surface area contributed by atoms with E-state index in [9.17, 15) is 9.18 Å². The predicted octanol–water partition coefficient (Wildman–Crippen LogP) is 4.45. The Balaban J connectivity index is 1.48. The summed E-state index contributed by atoms with van der Waals surface area (Å²) in [6.45, 7) is 1.57. The maximum absolute atomic E-state index is 13.7. The standard InChI is InChI=1S/C22H28FN3O/c23-19-6-4-5-17(15-19)16-22(9-2-1-3-10-22)21(27)26-13-7-18(8-14-26)20-24-11-12-25-20/h4-6,11-12,15,18H,1-3,7-10,13-14,16H2,(H,24,25). The number of piperidine rings is 1. The lowest BCUT2D eigenvalue weighted by atomic mass is 9.69. The van der Waals surface area contributed by atoms with Crippen molar-refractivity contribution in [2.45, 2.75) is 57.3 Å². The zero-order valence-electron chi connectivity index (χ0n) is 15.8. The molecule has 0 atom stereocenters. The summed E-state index contributed by atoms with van der Waals surface area (Å²) in [6.07, 6.45) is 11.4. The molecule has 1 aliphatic carbocycles. The maximum Gasteiger partial charge on any atom is 0.229 e. The summed E-state index contributed by atoms with van der Waals surface area (Å²) in [4.78, 5) is 23.2. The number of benzene rings is 1. The molecule has 1 aromatic heterocycles. The van der Waals surface area contributed by atoms with E-state index in [2.05, 4.69) is 14.9 Å². The highest BCUT2D eigenvalue weighted by molar-refractivity contribution is 5.83. The highest BCUT2D eigenvalue weighted by atomic mass is 19.1. The molecule has 4 nitrogen and oxygen atoms in total. The average molecular weight is 369 g/mol. The molecule has 0 spiro atoms. The third kappa shape index (κ3) is 3.92. The SMILES string of the molecule is O=C(N1CCC(c2ncc[nH]2)CC1)C1(Cc2cccc(F)c2)CCCCC1. The van der Waals surface area contributed by atoms with Crippen LogP contribution in [0.2, 0.25) is 0 Å². The van der Waals surface area contributed by atoms with E-state index in [0.29, 0.717) is 12.3 Å². The minimum atomic E-state index is -0.358. The monoisotopic (exact) mass is 369 g/mol. The fourth-order valence-corrected chi connectivity index (χ4v) is 4.92. The van der Waals surface area contributed by atoms with Gasteiger partial charge < -0.3 is 9.88 Å². The fraction of sp³-hybridized carbons (Fsp3) is 0.545. The van der Waals surface area contributed by atoms with E-state index in [1.54, 1.807) is 18.3 Å². The van der Waals surface area contributed by atoms with Gasteiger partial charge in [-0.05, 0) is 49.8 Å². The number of hydrogen-bond donors (Lipinski definition) is 1. The minimum Gasteiger partial charge on any atom is -0.348 e. The van der Waals surface area contributed by atoms with Crippen molar-refractivity contribution in [3.05, 3.63) is 53.9 Å². The number of nitrogens with one attached hydrogen (secondary N) is 1. The molecular formula is C22H28FN3O. The van der Waals surface area contributed by atoms with Crippen LogP contribution >= 0.6 is 0 Å². The van der Waals surface area contributed by atoms with Crippen LogP contribution < -0.4 is 0 Å². The number of amides is 1. The van der Waals surface area contributed by atoms with Gasteiger partial charge in [0.1, 0.15) is 11.6 Å². The van der Waals surface area contributed by atoms with Crippen LogP contribution in [-0.2, 0) is 11.2 Å². The van der Waals surface area contributed by atoms with Gasteiger partial charge in [0.25, 0.3) is 0 Å². The lowest BCUT2D eigenvalue weighted by Crippen LogP contribution is -2.49. The molecular weight excluding hydrogens is 341 g/mol. The van der Waals surface area contributed by atoms with E-state index in [4.69, 9.17) is 0 Å². The van der Waals surface area contributed by atoms with Gasteiger partial charge >= 0.3 is 0 Å². The number of carbonyl (C=O) groups excluding carboxylic acids is 1. The van der Waals surface area contributed by atoms with E-state index in [1.807, 2.05) is 12.3 Å². The second-order valence-corrected chi connectivity index (χ2v) is 8.19. The number of aromatic nitrogens is 2. The molecule has 2 aliphatic rings. The molecule has 2 heterocycles. The van der Waals surface area contributed by atoms with Crippen molar-refractivity contribution in [2.75, 3.05) is 13.1 Å². The van der Waals surface area contributed by atoms with Crippen molar-refractivity contribution in [3.8, 4) is 0 Å². The van der Waals surface area contributed by atoms with Crippen molar-refractivity contribution in [2.24, 2.45) is 5.41 Å². The Morgan fingerprint density at radius 3 is 2.67 bits per heavy atom. The molecule has 2 fully saturated rings. The smallest absolute Gasteiger partial charge is 0.229 e. The van der Waals surface area contributed by atoms with Crippen LogP contribution in [0, 0.1) is 11.2 Å². The average Bonchev–Trinajstić information content (AvgIpc) is 3.23. The Morgan fingerprint density at radius 2 is 2.00 bits per heavy atom. The first-order valence-corrected chi connectivity index (χ1v) is 10.2. The second-order valence-electron chi connectivity index (χ2n) is 8.19. The van der Waals surface area contributed by atoms with Crippen LogP contribution in [0.3, 0.4) is 0 Å². The first-order valence-electron chi connectivity index (χ1n) is 10.2. The zero-order chi connectivity index (χ0) is 18.7. The van der Waals surface area contributed by atoms with Gasteiger partial charge in [-0.15, -0.1) is 0 Å². The number of likely N-dealkylation sites (tertiary alicyclic amines) is 1. The van der Waals surface area contributed by atoms with Crippen molar-refractivity contribution in [3.63, 3.8) is 0 Å². The largest absolute Gasteiger partial charge is 0.348 e. The molecule has 27 heavy (non-hydrogen) atoms. The lowest BCUT2D eigenvalue weighted by molar-refractivity contribution is -0.145. The minimum absolute atomic E-state index is 0.217. The highest BCUT2D eigenvalue weighted by Crippen LogP contribution is 2.42. The van der Waals surface area contributed by atoms with E-state index >= 15 is 0 Å². The molecule has 1 N–H and O–H groups in total. The summed E-state index contributed by atoms with van der Waals surface area (Å²) in [5, 5.41) is 0. The third-order valence-electron chi connectivity index (χ3n) is 6.38. The number of nitrogens with zero attached hydrogens (tertiary/aromatic N) is 2. The van der Waals surface area contributed by atoms with Crippen LogP contribution in [-0.4, -0.2) is 33.9 Å². The number of halogens is 1. The van der Waals surface area contributed by atoms with Crippen molar-refractivity contribution in [1.82, 2.24) is 14.9 Å². The van der Waals surface area contributed by atoms with Gasteiger partial charge in [0, 0.05) is 31.4 Å². The van der Waals surface area contributed by atoms with Crippen LogP contribution in [0.4, 0.5) is 4.39 Å². The summed E-state index contributed by atoms with van der Waals surface area (Å²) >= 11 is 0. The third-order valence-corrected chi connectivity index (χ3v) is 6.38. The molecule has 0 radical (unpaired) electrons. The molecule has 144 valence electrons. The molecule has 1 amide bonds. The summed E-state index contributed by atoms with van der Waals surface area (Å²) in [7, 11) is 0. The predicted molar refractivity (Wildman–Crippen MR) is 103 cm³/mol. The van der Waals surface area contributed by atoms with E-state index < -0.39 is 0 Å². The van der Waals surface area contributed by atoms with E-state index in [-0.39, 0.29) is 17.1 Å². The summed E-state index contributed by atoms with van der Waals surface area (Å²) < 4.78 is 13.7. The van der Waals surface area contributed by atoms with Gasteiger partial charge in [0.05, 0.1) is 5.41 Å². The Bertz CT molecular complexity index is 760. The van der Waals surface area contributed by atoms with Gasteiger partial charge in [-0.25, -0.2) is 9.37 Å². The van der Waals surface area contributed by atoms with E-state index in [0.717, 1.165) is 63.0 Å². The number of hydrogen-bond acceptors (Lipinski definition) is 2. The van der Waals surface area contributed by atoms with Gasteiger partial charge in [-0.3, -0.25) is 4.79 Å². The molecule has 1 saturated heterocycles. The Morgan fingerprint density at radius 1 is 1.22 bits per heavy atom. The maximum atomic E-state index is 13.7. The number of imidazole rings is 1. The molecule has 2 aromatic rings. The van der Waals surface area contributed by atoms with Crippen molar-refractivity contribution >= 4 is 5.91 Å². The number of aromatic amines is 1. The number of carbonyl (C=O) groups is 1. The van der Waals surface area contributed by atoms with Gasteiger partial charge in [0.15, 0.2) is 0 Å². The second kappa shape index (κ2) is 7.83. The lowest BCUT2D eigenvalue weighted by Gasteiger charge is -2.42. The fourth-order valence-electron chi connectivity index (χ4n) is 4.92. The molecule has 5 heteroatoms. The molecule has 4 rings (SSSR count). The van der Waals surface area contributed by atoms with Crippen molar-refractivity contribution in [1.29, 1.82) is 0 Å². The summed E-state index contributed by atoms with van der Waals surface area (Å²) in [5.74, 6) is 1.51. The van der Waals surface area contributed by atoms with Crippen LogP contribution in [0.5, 0.6) is 0 Å². The highest BCUT2D eigenvalue weighted by Gasteiger charge is 2.42. The first kappa shape index (κ1) is 18.2. The van der Waals surface area contributed by atoms with Crippen LogP contribution in [0.15, 0.2) is 36.7 Å².